The van der Waals surface area contributed by atoms with Gasteiger partial charge < -0.3 is 10.2 Å². The Kier molecular flexibility index (Phi) is 3.51. The van der Waals surface area contributed by atoms with Crippen LogP contribution in [0.5, 0.6) is 0 Å². The van der Waals surface area contributed by atoms with E-state index in [1.807, 2.05) is 6.92 Å². The maximum absolute atomic E-state index is 11.9. The molecule has 1 fully saturated rings. The van der Waals surface area contributed by atoms with Crippen molar-refractivity contribution in [3.05, 3.63) is 23.2 Å². The van der Waals surface area contributed by atoms with Gasteiger partial charge in [0.1, 0.15) is 0 Å². The number of carbonyl (C=O) groups is 1. The Balaban J connectivity index is 2.48. The van der Waals surface area contributed by atoms with Crippen molar-refractivity contribution in [1.29, 1.82) is 0 Å². The van der Waals surface area contributed by atoms with Gasteiger partial charge in [-0.15, -0.1) is 0 Å². The first-order chi connectivity index (χ1) is 8.47. The predicted molar refractivity (Wildman–Crippen MR) is 70.2 cm³/mol. The van der Waals surface area contributed by atoms with Crippen molar-refractivity contribution in [2.45, 2.75) is 40.0 Å². The van der Waals surface area contributed by atoms with Crippen LogP contribution in [0.1, 0.15) is 40.0 Å². The fourth-order valence-corrected chi connectivity index (χ4v) is 3.52. The van der Waals surface area contributed by atoms with Crippen LogP contribution in [0.15, 0.2) is 23.2 Å². The fourth-order valence-electron chi connectivity index (χ4n) is 3.52. The van der Waals surface area contributed by atoms with Gasteiger partial charge in [-0.2, -0.15) is 0 Å². The van der Waals surface area contributed by atoms with Crippen molar-refractivity contribution in [3.63, 3.8) is 0 Å². The summed E-state index contributed by atoms with van der Waals surface area (Å²) in [7, 11) is 0. The maximum Gasteiger partial charge on any atom is 0.200 e. The molecule has 2 unspecified atom stereocenters. The molecule has 0 aliphatic heterocycles. The maximum atomic E-state index is 11.9. The van der Waals surface area contributed by atoms with Crippen LogP contribution >= 0.6 is 0 Å². The van der Waals surface area contributed by atoms with Gasteiger partial charge in [0.15, 0.2) is 11.5 Å². The van der Waals surface area contributed by atoms with Crippen LogP contribution in [0.25, 0.3) is 0 Å². The Bertz CT molecular complexity index is 417. The molecule has 2 aliphatic carbocycles. The Morgan fingerprint density at radius 3 is 2.61 bits per heavy atom. The van der Waals surface area contributed by atoms with Gasteiger partial charge in [0.25, 0.3) is 0 Å². The lowest BCUT2D eigenvalue weighted by atomic mass is 9.63. The second kappa shape index (κ2) is 4.79. The lowest BCUT2D eigenvalue weighted by Crippen LogP contribution is -2.36. The first kappa shape index (κ1) is 13.2. The van der Waals surface area contributed by atoms with Crippen molar-refractivity contribution in [1.82, 2.24) is 0 Å². The summed E-state index contributed by atoms with van der Waals surface area (Å²) in [4.78, 5) is 11.9. The minimum Gasteiger partial charge on any atom is -0.515 e. The number of Topliss-reactive ketones (excluding diaryl/α,β-unsaturated/α-hetero) is 1. The highest BCUT2D eigenvalue weighted by molar-refractivity contribution is 5.97. The monoisotopic (exact) mass is 250 g/mol. The molecule has 0 heterocycles. The Labute approximate surface area is 108 Å². The number of fused-ring (bicyclic) bond motifs is 1. The van der Waals surface area contributed by atoms with Gasteiger partial charge in [-0.1, -0.05) is 20.8 Å². The molecule has 0 saturated heterocycles. The summed E-state index contributed by atoms with van der Waals surface area (Å²) in [5.74, 6) is 0.831. The van der Waals surface area contributed by atoms with Crippen molar-refractivity contribution < 1.29 is 15.0 Å². The average molecular weight is 250 g/mol. The summed E-state index contributed by atoms with van der Waals surface area (Å²) < 4.78 is 0. The lowest BCUT2D eigenvalue weighted by Gasteiger charge is -2.41. The van der Waals surface area contributed by atoms with Crippen molar-refractivity contribution in [3.8, 4) is 0 Å². The molecule has 18 heavy (non-hydrogen) atoms. The van der Waals surface area contributed by atoms with E-state index in [1.165, 1.54) is 0 Å². The molecule has 1 saturated carbocycles. The first-order valence-corrected chi connectivity index (χ1v) is 6.78. The van der Waals surface area contributed by atoms with E-state index in [0.29, 0.717) is 17.4 Å². The summed E-state index contributed by atoms with van der Waals surface area (Å²) in [5, 5.41) is 19.4. The summed E-state index contributed by atoms with van der Waals surface area (Å²) in [6, 6.07) is 0. The van der Waals surface area contributed by atoms with Gasteiger partial charge in [-0.3, -0.25) is 4.79 Å². The van der Waals surface area contributed by atoms with Crippen LogP contribution in [-0.4, -0.2) is 16.0 Å². The molecule has 2 rings (SSSR count). The number of carbonyl (C=O) groups excluding carboxylic acids is 1. The summed E-state index contributed by atoms with van der Waals surface area (Å²) >= 11 is 0. The molecule has 100 valence electrons. The number of hydrogen-bond acceptors (Lipinski definition) is 3. The Morgan fingerprint density at radius 1 is 1.39 bits per heavy atom. The van der Waals surface area contributed by atoms with E-state index in [1.54, 1.807) is 0 Å². The molecule has 0 aromatic rings. The second-order valence-corrected chi connectivity index (χ2v) is 5.97. The van der Waals surface area contributed by atoms with E-state index >= 15 is 0 Å². The SMILES string of the molecule is CC1CC2C(=C(O)C1=O)C(=CO)CC[C@H]2C(C)C. The number of ketones is 1. The lowest BCUT2D eigenvalue weighted by molar-refractivity contribution is -0.123. The molecular weight excluding hydrogens is 228 g/mol. The highest BCUT2D eigenvalue weighted by Gasteiger charge is 2.42. The number of aliphatic hydroxyl groups is 2. The van der Waals surface area contributed by atoms with Crippen LogP contribution < -0.4 is 0 Å². The third kappa shape index (κ3) is 1.96. The van der Waals surface area contributed by atoms with Crippen LogP contribution in [-0.2, 0) is 4.79 Å². The number of hydrogen-bond donors (Lipinski definition) is 2. The van der Waals surface area contributed by atoms with E-state index in [-0.39, 0.29) is 23.4 Å². The third-order valence-electron chi connectivity index (χ3n) is 4.54. The third-order valence-corrected chi connectivity index (χ3v) is 4.54. The van der Waals surface area contributed by atoms with Crippen LogP contribution in [0, 0.1) is 23.7 Å². The smallest absolute Gasteiger partial charge is 0.200 e. The van der Waals surface area contributed by atoms with Gasteiger partial charge in [0.2, 0.25) is 0 Å². The van der Waals surface area contributed by atoms with Gasteiger partial charge in [-0.25, -0.2) is 0 Å². The second-order valence-electron chi connectivity index (χ2n) is 5.97. The largest absolute Gasteiger partial charge is 0.515 e. The minimum absolute atomic E-state index is 0.107. The molecule has 0 spiro atoms. The highest BCUT2D eigenvalue weighted by Crippen LogP contribution is 2.48. The van der Waals surface area contributed by atoms with Gasteiger partial charge >= 0.3 is 0 Å². The summed E-state index contributed by atoms with van der Waals surface area (Å²) in [5.41, 5.74) is 1.46. The fraction of sp³-hybridized carbons (Fsp3) is 0.667. The topological polar surface area (TPSA) is 57.5 Å². The molecule has 0 bridgehead atoms. The highest BCUT2D eigenvalue weighted by atomic mass is 16.3. The molecule has 3 atom stereocenters. The number of allylic oxidation sites excluding steroid dienone is 3. The molecule has 2 aliphatic rings. The zero-order chi connectivity index (χ0) is 13.4. The molecule has 0 aromatic carbocycles. The molecule has 0 radical (unpaired) electrons. The molecule has 0 amide bonds. The Hall–Kier alpha value is -1.25. The van der Waals surface area contributed by atoms with Crippen molar-refractivity contribution >= 4 is 5.78 Å². The number of rotatable bonds is 1. The summed E-state index contributed by atoms with van der Waals surface area (Å²) in [6.07, 6.45) is 3.63. The van der Waals surface area contributed by atoms with Crippen molar-refractivity contribution in [2.75, 3.05) is 0 Å². The van der Waals surface area contributed by atoms with E-state index < -0.39 is 0 Å². The number of aliphatic hydroxyl groups excluding tert-OH is 2. The zero-order valence-corrected chi connectivity index (χ0v) is 11.3. The van der Waals surface area contributed by atoms with E-state index in [0.717, 1.165) is 31.1 Å². The molecule has 3 heteroatoms. The predicted octanol–water partition coefficient (Wildman–Crippen LogP) is 3.53. The Morgan fingerprint density at radius 2 is 2.06 bits per heavy atom. The van der Waals surface area contributed by atoms with E-state index in [2.05, 4.69) is 13.8 Å². The molecule has 0 aromatic heterocycles. The van der Waals surface area contributed by atoms with Gasteiger partial charge in [0, 0.05) is 11.5 Å². The standard InChI is InChI=1S/C15H22O3/c1-8(2)11-5-4-10(7-16)13-12(11)6-9(3)14(17)15(13)18/h7-9,11-12,16,18H,4-6H2,1-3H3/t9?,11-,12?/m0/s1. The van der Waals surface area contributed by atoms with Crippen LogP contribution in [0.3, 0.4) is 0 Å². The van der Waals surface area contributed by atoms with Crippen molar-refractivity contribution in [2.24, 2.45) is 23.7 Å². The quantitative estimate of drug-likeness (QED) is 0.700. The molecule has 3 nitrogen and oxygen atoms in total. The van der Waals surface area contributed by atoms with E-state index in [9.17, 15) is 15.0 Å². The van der Waals surface area contributed by atoms with Gasteiger partial charge in [0.05, 0.1) is 6.26 Å². The molecule has 2 N–H and O–H groups in total. The average Bonchev–Trinajstić information content (AvgIpc) is 2.34. The van der Waals surface area contributed by atoms with Crippen LogP contribution in [0.2, 0.25) is 0 Å². The minimum atomic E-state index is -0.176. The first-order valence-electron chi connectivity index (χ1n) is 6.78. The van der Waals surface area contributed by atoms with E-state index in [4.69, 9.17) is 0 Å². The normalized spacial score (nSPS) is 35.2. The van der Waals surface area contributed by atoms with Crippen LogP contribution in [0.4, 0.5) is 0 Å². The summed E-state index contributed by atoms with van der Waals surface area (Å²) in [6.45, 7) is 6.26. The molecular formula is C15H22O3. The zero-order valence-electron chi connectivity index (χ0n) is 11.3. The van der Waals surface area contributed by atoms with Gasteiger partial charge in [-0.05, 0) is 42.6 Å².